The molecule has 0 spiro atoms. The first-order valence-corrected chi connectivity index (χ1v) is 5.59. The number of amides is 1. The van der Waals surface area contributed by atoms with Gasteiger partial charge in [0.2, 0.25) is 0 Å². The number of nitrogens with one attached hydrogen (secondary N) is 1. The number of benzene rings is 1. The molecule has 1 aromatic carbocycles. The molecule has 0 aliphatic heterocycles. The average molecular weight is 254 g/mol. The molecule has 1 amide bonds. The predicted molar refractivity (Wildman–Crippen MR) is 67.6 cm³/mol. The van der Waals surface area contributed by atoms with Crippen molar-refractivity contribution >= 4 is 11.6 Å². The molecular weight excluding hydrogens is 236 g/mol. The van der Waals surface area contributed by atoms with Gasteiger partial charge in [0, 0.05) is 18.3 Å². The number of nitrogens with two attached hydrogens (primary N) is 1. The lowest BCUT2D eigenvalue weighted by Gasteiger charge is -2.09. The van der Waals surface area contributed by atoms with Gasteiger partial charge in [-0.05, 0) is 12.1 Å². The molecule has 100 valence electrons. The van der Waals surface area contributed by atoms with Crippen molar-refractivity contribution in [2.24, 2.45) is 0 Å². The molecule has 0 heterocycles. The smallest absolute Gasteiger partial charge is 0.253 e. The Bertz CT molecular complexity index is 396. The molecule has 6 heteroatoms. The second kappa shape index (κ2) is 7.52. The van der Waals surface area contributed by atoms with Crippen molar-refractivity contribution in [3.8, 4) is 5.75 Å². The molecule has 4 N–H and O–H groups in total. The number of hydrogen-bond acceptors (Lipinski definition) is 5. The van der Waals surface area contributed by atoms with Gasteiger partial charge >= 0.3 is 0 Å². The first kappa shape index (κ1) is 14.3. The summed E-state index contributed by atoms with van der Waals surface area (Å²) in [6.45, 7) is 0.951. The normalized spacial score (nSPS) is 10.1. The molecule has 0 bridgehead atoms. The zero-order valence-electron chi connectivity index (χ0n) is 10.3. The second-order valence-electron chi connectivity index (χ2n) is 3.55. The number of nitrogen functional groups attached to an aromatic ring is 1. The topological polar surface area (TPSA) is 93.8 Å². The van der Waals surface area contributed by atoms with Crippen LogP contribution in [0.4, 0.5) is 5.69 Å². The minimum Gasteiger partial charge on any atom is -0.497 e. The fraction of sp³-hybridized carbons (Fsp3) is 0.417. The highest BCUT2D eigenvalue weighted by atomic mass is 16.5. The first-order chi connectivity index (χ1) is 8.69. The van der Waals surface area contributed by atoms with Crippen molar-refractivity contribution in [2.75, 3.05) is 39.2 Å². The fourth-order valence-corrected chi connectivity index (χ4v) is 1.37. The molecular formula is C12H18N2O4. The predicted octanol–water partition coefficient (Wildman–Crippen LogP) is 0.0161. The molecule has 0 aromatic heterocycles. The molecule has 0 atom stereocenters. The van der Waals surface area contributed by atoms with Crippen LogP contribution in [0, 0.1) is 0 Å². The number of rotatable bonds is 7. The Kier molecular flexibility index (Phi) is 5.96. The van der Waals surface area contributed by atoms with Crippen molar-refractivity contribution < 1.29 is 19.4 Å². The van der Waals surface area contributed by atoms with Crippen LogP contribution in [-0.2, 0) is 4.74 Å². The quantitative estimate of drug-likeness (QED) is 0.471. The van der Waals surface area contributed by atoms with Crippen LogP contribution in [0.15, 0.2) is 18.2 Å². The van der Waals surface area contributed by atoms with Crippen molar-refractivity contribution in [2.45, 2.75) is 0 Å². The van der Waals surface area contributed by atoms with Crippen LogP contribution in [0.5, 0.6) is 5.75 Å². The molecule has 0 radical (unpaired) electrons. The number of aliphatic hydroxyl groups is 1. The van der Waals surface area contributed by atoms with Gasteiger partial charge < -0.3 is 25.6 Å². The summed E-state index contributed by atoms with van der Waals surface area (Å²) in [6.07, 6.45) is 0. The van der Waals surface area contributed by atoms with E-state index in [2.05, 4.69) is 5.32 Å². The average Bonchev–Trinajstić information content (AvgIpc) is 2.38. The molecule has 18 heavy (non-hydrogen) atoms. The fourth-order valence-electron chi connectivity index (χ4n) is 1.37. The van der Waals surface area contributed by atoms with Gasteiger partial charge in [-0.1, -0.05) is 0 Å². The van der Waals surface area contributed by atoms with Gasteiger partial charge in [0.25, 0.3) is 5.91 Å². The maximum absolute atomic E-state index is 11.8. The number of ether oxygens (including phenoxy) is 2. The standard InChI is InChI=1S/C12H18N2O4/c1-17-9-2-3-10(11(13)8-9)12(16)14-4-6-18-7-5-15/h2-3,8,15H,4-7,13H2,1H3,(H,14,16). The van der Waals surface area contributed by atoms with Gasteiger partial charge in [-0.2, -0.15) is 0 Å². The zero-order valence-corrected chi connectivity index (χ0v) is 10.3. The van der Waals surface area contributed by atoms with Crippen LogP contribution in [0.2, 0.25) is 0 Å². The van der Waals surface area contributed by atoms with Crippen LogP contribution in [-0.4, -0.2) is 44.5 Å². The summed E-state index contributed by atoms with van der Waals surface area (Å²) in [7, 11) is 1.53. The molecule has 0 saturated heterocycles. The van der Waals surface area contributed by atoms with E-state index in [1.807, 2.05) is 0 Å². The number of methoxy groups -OCH3 is 1. The number of anilines is 1. The van der Waals surface area contributed by atoms with Crippen LogP contribution in [0.25, 0.3) is 0 Å². The Hall–Kier alpha value is -1.79. The first-order valence-electron chi connectivity index (χ1n) is 5.59. The van der Waals surface area contributed by atoms with Crippen LogP contribution < -0.4 is 15.8 Å². The highest BCUT2D eigenvalue weighted by Gasteiger charge is 2.09. The number of carbonyl (C=O) groups excluding carboxylic acids is 1. The van der Waals surface area contributed by atoms with Crippen LogP contribution >= 0.6 is 0 Å². The summed E-state index contributed by atoms with van der Waals surface area (Å²) >= 11 is 0. The van der Waals surface area contributed by atoms with Crippen molar-refractivity contribution in [1.29, 1.82) is 0 Å². The lowest BCUT2D eigenvalue weighted by molar-refractivity contribution is 0.0838. The number of hydrogen-bond donors (Lipinski definition) is 3. The maximum atomic E-state index is 11.8. The van der Waals surface area contributed by atoms with E-state index in [4.69, 9.17) is 20.3 Å². The third-order valence-corrected chi connectivity index (χ3v) is 2.27. The Balaban J connectivity index is 2.46. The van der Waals surface area contributed by atoms with Gasteiger partial charge in [0.15, 0.2) is 0 Å². The van der Waals surface area contributed by atoms with Crippen molar-refractivity contribution in [1.82, 2.24) is 5.32 Å². The molecule has 0 unspecified atom stereocenters. The van der Waals surface area contributed by atoms with Gasteiger partial charge in [-0.15, -0.1) is 0 Å². The minimum atomic E-state index is -0.261. The summed E-state index contributed by atoms with van der Waals surface area (Å²) in [4.78, 5) is 11.8. The lowest BCUT2D eigenvalue weighted by atomic mass is 10.1. The van der Waals surface area contributed by atoms with Gasteiger partial charge in [-0.25, -0.2) is 0 Å². The number of aliphatic hydroxyl groups excluding tert-OH is 1. The summed E-state index contributed by atoms with van der Waals surface area (Å²) in [5.74, 6) is 0.345. The molecule has 6 nitrogen and oxygen atoms in total. The maximum Gasteiger partial charge on any atom is 0.253 e. The van der Waals surface area contributed by atoms with E-state index in [1.54, 1.807) is 18.2 Å². The van der Waals surface area contributed by atoms with E-state index >= 15 is 0 Å². The summed E-state index contributed by atoms with van der Waals surface area (Å²) in [5, 5.41) is 11.2. The van der Waals surface area contributed by atoms with Crippen LogP contribution in [0.3, 0.4) is 0 Å². The lowest BCUT2D eigenvalue weighted by Crippen LogP contribution is -2.28. The third kappa shape index (κ3) is 4.23. The number of carbonyl (C=O) groups is 1. The van der Waals surface area contributed by atoms with E-state index in [-0.39, 0.29) is 19.1 Å². The third-order valence-electron chi connectivity index (χ3n) is 2.27. The largest absolute Gasteiger partial charge is 0.497 e. The zero-order chi connectivity index (χ0) is 13.4. The van der Waals surface area contributed by atoms with Crippen molar-refractivity contribution in [3.05, 3.63) is 23.8 Å². The summed E-state index contributed by atoms with van der Waals surface area (Å²) in [5.41, 5.74) is 6.51. The summed E-state index contributed by atoms with van der Waals surface area (Å²) < 4.78 is 10.0. The highest BCUT2D eigenvalue weighted by molar-refractivity contribution is 5.99. The Morgan fingerprint density at radius 1 is 1.44 bits per heavy atom. The highest BCUT2D eigenvalue weighted by Crippen LogP contribution is 2.19. The van der Waals surface area contributed by atoms with Gasteiger partial charge in [0.05, 0.1) is 32.5 Å². The molecule has 1 aromatic rings. The van der Waals surface area contributed by atoms with E-state index in [9.17, 15) is 4.79 Å². The monoisotopic (exact) mass is 254 g/mol. The Labute approximate surface area is 106 Å². The van der Waals surface area contributed by atoms with E-state index < -0.39 is 0 Å². The minimum absolute atomic E-state index is 0.0284. The Morgan fingerprint density at radius 2 is 2.22 bits per heavy atom. The second-order valence-corrected chi connectivity index (χ2v) is 3.55. The van der Waals surface area contributed by atoms with E-state index in [0.717, 1.165) is 0 Å². The van der Waals surface area contributed by atoms with Gasteiger partial charge in [-0.3, -0.25) is 4.79 Å². The molecule has 0 fully saturated rings. The van der Waals surface area contributed by atoms with E-state index in [1.165, 1.54) is 7.11 Å². The van der Waals surface area contributed by atoms with Gasteiger partial charge in [0.1, 0.15) is 5.75 Å². The molecule has 0 aliphatic rings. The Morgan fingerprint density at radius 3 is 2.83 bits per heavy atom. The molecule has 1 rings (SSSR count). The SMILES string of the molecule is COc1ccc(C(=O)NCCOCCO)c(N)c1. The molecule has 0 saturated carbocycles. The van der Waals surface area contributed by atoms with E-state index in [0.29, 0.717) is 30.2 Å². The van der Waals surface area contributed by atoms with Crippen molar-refractivity contribution in [3.63, 3.8) is 0 Å². The van der Waals surface area contributed by atoms with Crippen LogP contribution in [0.1, 0.15) is 10.4 Å². The summed E-state index contributed by atoms with van der Waals surface area (Å²) in [6, 6.07) is 4.88. The molecule has 0 aliphatic carbocycles.